The molecule has 0 aromatic heterocycles. The molecule has 0 bridgehead atoms. The molecule has 7 heteroatoms. The number of carbonyl (C=O) groups excluding carboxylic acids is 2. The van der Waals surface area contributed by atoms with Crippen molar-refractivity contribution in [1.29, 1.82) is 0 Å². The molecule has 1 aliphatic heterocycles. The number of aliphatic hydroxyl groups excluding tert-OH is 2. The molecule has 0 saturated carbocycles. The molecule has 0 spiro atoms. The number of hydrogen-bond donors (Lipinski definition) is 2. The second-order valence-electron chi connectivity index (χ2n) is 4.36. The largest absolute Gasteiger partial charge is 0.464 e. The van der Waals surface area contributed by atoms with Gasteiger partial charge in [0.25, 0.3) is 0 Å². The first-order chi connectivity index (χ1) is 8.91. The summed E-state index contributed by atoms with van der Waals surface area (Å²) in [5.74, 6) is -1.28. The van der Waals surface area contributed by atoms with Crippen LogP contribution in [0, 0.1) is 0 Å². The lowest BCUT2D eigenvalue weighted by Gasteiger charge is -2.39. The molecule has 3 unspecified atom stereocenters. The van der Waals surface area contributed by atoms with Gasteiger partial charge in [0.2, 0.25) is 5.91 Å². The summed E-state index contributed by atoms with van der Waals surface area (Å²) in [6.45, 7) is 4.79. The summed E-state index contributed by atoms with van der Waals surface area (Å²) in [7, 11) is 0. The topological polar surface area (TPSA) is 96.3 Å². The fraction of sp³-hybridized carbons (Fsp3) is 0.833. The second kappa shape index (κ2) is 6.31. The van der Waals surface area contributed by atoms with Gasteiger partial charge in [-0.3, -0.25) is 9.69 Å². The van der Waals surface area contributed by atoms with E-state index in [1.807, 2.05) is 0 Å². The number of amides is 1. The van der Waals surface area contributed by atoms with Crippen LogP contribution in [0.25, 0.3) is 0 Å². The minimum atomic E-state index is -1.67. The van der Waals surface area contributed by atoms with Crippen LogP contribution in [0.5, 0.6) is 0 Å². The number of rotatable bonds is 5. The van der Waals surface area contributed by atoms with Crippen molar-refractivity contribution < 1.29 is 29.3 Å². The van der Waals surface area contributed by atoms with E-state index in [1.54, 1.807) is 13.8 Å². The van der Waals surface area contributed by atoms with Gasteiger partial charge in [0.1, 0.15) is 6.23 Å². The lowest BCUT2D eigenvalue weighted by Crippen LogP contribution is -2.63. The Morgan fingerprint density at radius 1 is 1.42 bits per heavy atom. The van der Waals surface area contributed by atoms with E-state index in [0.717, 1.165) is 4.90 Å². The lowest BCUT2D eigenvalue weighted by atomic mass is 9.95. The maximum atomic E-state index is 12.2. The molecule has 1 rings (SSSR count). The maximum absolute atomic E-state index is 12.2. The highest BCUT2D eigenvalue weighted by atomic mass is 16.6. The molecule has 0 aliphatic carbocycles. The normalized spacial score (nSPS) is 28.3. The van der Waals surface area contributed by atoms with Crippen LogP contribution in [0.2, 0.25) is 0 Å². The standard InChI is InChI=1S/C12H21NO6/c1-4-18-10(16)12(11(17)19-5-2)7-6-9(15)13(12)8(3)14/h9-10,15-16H,4-7H2,1-3H3. The SMILES string of the molecule is CCOC(=O)C1(C(O)OCC)CCC(O)N1C(C)=O. The van der Waals surface area contributed by atoms with Crippen molar-refractivity contribution in [1.82, 2.24) is 4.90 Å². The van der Waals surface area contributed by atoms with Crippen LogP contribution in [-0.2, 0) is 19.1 Å². The summed E-state index contributed by atoms with van der Waals surface area (Å²) in [4.78, 5) is 24.8. The van der Waals surface area contributed by atoms with E-state index in [0.29, 0.717) is 0 Å². The Morgan fingerprint density at radius 3 is 2.53 bits per heavy atom. The van der Waals surface area contributed by atoms with Gasteiger partial charge in [-0.25, -0.2) is 4.79 Å². The van der Waals surface area contributed by atoms with Gasteiger partial charge in [0, 0.05) is 13.5 Å². The molecule has 1 aliphatic rings. The van der Waals surface area contributed by atoms with E-state index in [9.17, 15) is 19.8 Å². The van der Waals surface area contributed by atoms with Crippen LogP contribution in [0.1, 0.15) is 33.6 Å². The molecule has 0 radical (unpaired) electrons. The monoisotopic (exact) mass is 275 g/mol. The number of ether oxygens (including phenoxy) is 2. The highest BCUT2D eigenvalue weighted by Gasteiger charge is 2.59. The summed E-state index contributed by atoms with van der Waals surface area (Å²) >= 11 is 0. The molecule has 1 heterocycles. The number of esters is 1. The predicted molar refractivity (Wildman–Crippen MR) is 64.8 cm³/mol. The molecule has 0 aromatic rings. The van der Waals surface area contributed by atoms with E-state index in [2.05, 4.69) is 0 Å². The van der Waals surface area contributed by atoms with Crippen LogP contribution >= 0.6 is 0 Å². The smallest absolute Gasteiger partial charge is 0.337 e. The van der Waals surface area contributed by atoms with Crippen LogP contribution in [-0.4, -0.2) is 58.3 Å². The van der Waals surface area contributed by atoms with Gasteiger partial charge in [-0.05, 0) is 26.7 Å². The molecule has 1 saturated heterocycles. The summed E-state index contributed by atoms with van der Waals surface area (Å²) in [6.07, 6.45) is -2.38. The highest BCUT2D eigenvalue weighted by Crippen LogP contribution is 2.37. The molecule has 1 fully saturated rings. The van der Waals surface area contributed by atoms with Gasteiger partial charge >= 0.3 is 5.97 Å². The second-order valence-corrected chi connectivity index (χ2v) is 4.36. The molecular formula is C12H21NO6. The van der Waals surface area contributed by atoms with Gasteiger partial charge in [-0.2, -0.15) is 0 Å². The molecule has 19 heavy (non-hydrogen) atoms. The lowest BCUT2D eigenvalue weighted by molar-refractivity contribution is -0.212. The Hall–Kier alpha value is -1.18. The first-order valence-electron chi connectivity index (χ1n) is 6.36. The van der Waals surface area contributed by atoms with Crippen LogP contribution in [0.3, 0.4) is 0 Å². The van der Waals surface area contributed by atoms with E-state index in [1.165, 1.54) is 6.92 Å². The summed E-state index contributed by atoms with van der Waals surface area (Å²) in [5, 5.41) is 20.0. The number of likely N-dealkylation sites (tertiary alicyclic amines) is 1. The van der Waals surface area contributed by atoms with Crippen LogP contribution < -0.4 is 0 Å². The summed E-state index contributed by atoms with van der Waals surface area (Å²) in [5.41, 5.74) is -1.67. The number of hydrogen-bond acceptors (Lipinski definition) is 6. The molecular weight excluding hydrogens is 254 g/mol. The van der Waals surface area contributed by atoms with Crippen LogP contribution in [0.4, 0.5) is 0 Å². The Balaban J connectivity index is 3.17. The Morgan fingerprint density at radius 2 is 2.05 bits per heavy atom. The molecule has 3 atom stereocenters. The van der Waals surface area contributed by atoms with Gasteiger partial charge in [-0.1, -0.05) is 0 Å². The van der Waals surface area contributed by atoms with Crippen molar-refractivity contribution in [2.45, 2.75) is 51.7 Å². The van der Waals surface area contributed by atoms with E-state index >= 15 is 0 Å². The average Bonchev–Trinajstić information content (AvgIpc) is 2.68. The molecule has 1 amide bonds. The number of aliphatic hydroxyl groups is 2. The number of carbonyl (C=O) groups is 2. The first kappa shape index (κ1) is 15.9. The van der Waals surface area contributed by atoms with Crippen molar-refractivity contribution in [2.75, 3.05) is 13.2 Å². The zero-order valence-electron chi connectivity index (χ0n) is 11.5. The van der Waals surface area contributed by atoms with Gasteiger partial charge in [0.05, 0.1) is 6.61 Å². The first-order valence-corrected chi connectivity index (χ1v) is 6.36. The Labute approximate surface area is 112 Å². The van der Waals surface area contributed by atoms with Gasteiger partial charge < -0.3 is 19.7 Å². The minimum Gasteiger partial charge on any atom is -0.464 e. The van der Waals surface area contributed by atoms with E-state index in [4.69, 9.17) is 9.47 Å². The highest BCUT2D eigenvalue weighted by molar-refractivity contribution is 5.88. The zero-order chi connectivity index (χ0) is 14.6. The third kappa shape index (κ3) is 2.72. The molecule has 2 N–H and O–H groups in total. The van der Waals surface area contributed by atoms with Crippen LogP contribution in [0.15, 0.2) is 0 Å². The van der Waals surface area contributed by atoms with Crippen molar-refractivity contribution in [3.05, 3.63) is 0 Å². The van der Waals surface area contributed by atoms with Crippen molar-refractivity contribution in [3.63, 3.8) is 0 Å². The van der Waals surface area contributed by atoms with E-state index < -0.39 is 29.9 Å². The van der Waals surface area contributed by atoms with Crippen molar-refractivity contribution >= 4 is 11.9 Å². The van der Waals surface area contributed by atoms with Crippen molar-refractivity contribution in [2.24, 2.45) is 0 Å². The fourth-order valence-corrected chi connectivity index (χ4v) is 2.45. The third-order valence-corrected chi connectivity index (χ3v) is 3.21. The predicted octanol–water partition coefficient (Wildman–Crippen LogP) is -0.396. The van der Waals surface area contributed by atoms with E-state index in [-0.39, 0.29) is 26.1 Å². The number of nitrogens with zero attached hydrogens (tertiary/aromatic N) is 1. The van der Waals surface area contributed by atoms with Gasteiger partial charge in [-0.15, -0.1) is 0 Å². The van der Waals surface area contributed by atoms with Gasteiger partial charge in [0.15, 0.2) is 11.8 Å². The quantitative estimate of drug-likeness (QED) is 0.524. The Bertz CT molecular complexity index is 347. The third-order valence-electron chi connectivity index (χ3n) is 3.21. The molecule has 110 valence electrons. The minimum absolute atomic E-state index is 0.0910. The summed E-state index contributed by atoms with van der Waals surface area (Å²) in [6, 6.07) is 0. The average molecular weight is 275 g/mol. The van der Waals surface area contributed by atoms with Crippen molar-refractivity contribution in [3.8, 4) is 0 Å². The summed E-state index contributed by atoms with van der Waals surface area (Å²) < 4.78 is 10.0. The maximum Gasteiger partial charge on any atom is 0.337 e. The zero-order valence-corrected chi connectivity index (χ0v) is 11.5. The molecule has 7 nitrogen and oxygen atoms in total. The fourth-order valence-electron chi connectivity index (χ4n) is 2.45. The Kier molecular flexibility index (Phi) is 5.28. The molecule has 0 aromatic carbocycles.